The van der Waals surface area contributed by atoms with Crippen LogP contribution in [0.2, 0.25) is 0 Å². The van der Waals surface area contributed by atoms with Gasteiger partial charge in [0.25, 0.3) is 0 Å². The number of benzene rings is 1. The van der Waals surface area contributed by atoms with Crippen molar-refractivity contribution in [2.45, 2.75) is 17.2 Å². The zero-order chi connectivity index (χ0) is 10.5. The predicted molar refractivity (Wildman–Crippen MR) is 66.4 cm³/mol. The third-order valence-electron chi connectivity index (χ3n) is 2.75. The molecule has 0 saturated carbocycles. The molecule has 3 N–H and O–H groups in total. The van der Waals surface area contributed by atoms with Gasteiger partial charge >= 0.3 is 0 Å². The molecular formula is C12H18N2S. The Labute approximate surface area is 95.6 Å². The zero-order valence-corrected chi connectivity index (χ0v) is 9.72. The first kappa shape index (κ1) is 11.0. The van der Waals surface area contributed by atoms with Gasteiger partial charge in [0.2, 0.25) is 0 Å². The highest BCUT2D eigenvalue weighted by atomic mass is 32.2. The van der Waals surface area contributed by atoms with E-state index >= 15 is 0 Å². The van der Waals surface area contributed by atoms with E-state index < -0.39 is 0 Å². The third-order valence-corrected chi connectivity index (χ3v) is 4.00. The lowest BCUT2D eigenvalue weighted by Crippen LogP contribution is -2.24. The average Bonchev–Trinajstić information content (AvgIpc) is 2.68. The molecule has 2 rings (SSSR count). The molecule has 1 unspecified atom stereocenters. The van der Waals surface area contributed by atoms with E-state index in [1.165, 1.54) is 16.2 Å². The summed E-state index contributed by atoms with van der Waals surface area (Å²) >= 11 is 1.98. The number of nitrogens with one attached hydrogen (secondary N) is 1. The molecule has 1 atom stereocenters. The average molecular weight is 222 g/mol. The Morgan fingerprint density at radius 3 is 3.13 bits per heavy atom. The molecular weight excluding hydrogens is 204 g/mol. The molecule has 15 heavy (non-hydrogen) atoms. The topological polar surface area (TPSA) is 38.0 Å². The highest BCUT2D eigenvalue weighted by molar-refractivity contribution is 7.99. The van der Waals surface area contributed by atoms with Gasteiger partial charge in [0, 0.05) is 23.1 Å². The fraction of sp³-hybridized carbons (Fsp3) is 0.500. The Morgan fingerprint density at radius 1 is 1.40 bits per heavy atom. The normalized spacial score (nSPS) is 19.1. The molecule has 0 amide bonds. The summed E-state index contributed by atoms with van der Waals surface area (Å²) in [6.07, 6.45) is 1.07. The molecule has 0 radical (unpaired) electrons. The lowest BCUT2D eigenvalue weighted by atomic mass is 10.0. The van der Waals surface area contributed by atoms with Crippen LogP contribution in [-0.4, -0.2) is 25.4 Å². The third kappa shape index (κ3) is 2.74. The quantitative estimate of drug-likeness (QED) is 0.746. The van der Waals surface area contributed by atoms with Gasteiger partial charge in [0.1, 0.15) is 0 Å². The fourth-order valence-electron chi connectivity index (χ4n) is 1.90. The van der Waals surface area contributed by atoms with Gasteiger partial charge in [-0.15, -0.1) is 11.8 Å². The maximum Gasteiger partial charge on any atom is 0.0108 e. The molecule has 0 aliphatic carbocycles. The second kappa shape index (κ2) is 5.54. The largest absolute Gasteiger partial charge is 0.330 e. The van der Waals surface area contributed by atoms with Crippen molar-refractivity contribution in [1.82, 2.24) is 5.32 Å². The van der Waals surface area contributed by atoms with Crippen LogP contribution in [0.4, 0.5) is 0 Å². The van der Waals surface area contributed by atoms with Crippen molar-refractivity contribution in [2.24, 2.45) is 5.73 Å². The summed E-state index contributed by atoms with van der Waals surface area (Å²) in [5.41, 5.74) is 6.97. The molecule has 3 heteroatoms. The van der Waals surface area contributed by atoms with Crippen molar-refractivity contribution < 1.29 is 0 Å². The molecule has 0 aromatic heterocycles. The maximum absolute atomic E-state index is 5.46. The van der Waals surface area contributed by atoms with Crippen molar-refractivity contribution in [3.63, 3.8) is 0 Å². The van der Waals surface area contributed by atoms with Crippen molar-refractivity contribution >= 4 is 11.8 Å². The molecule has 0 fully saturated rings. The van der Waals surface area contributed by atoms with Crippen LogP contribution in [0, 0.1) is 0 Å². The van der Waals surface area contributed by atoms with Crippen LogP contribution in [0.1, 0.15) is 17.9 Å². The second-order valence-corrected chi connectivity index (χ2v) is 4.95. The monoisotopic (exact) mass is 222 g/mol. The zero-order valence-electron chi connectivity index (χ0n) is 8.91. The Balaban J connectivity index is 1.85. The van der Waals surface area contributed by atoms with E-state index in [4.69, 9.17) is 5.73 Å². The van der Waals surface area contributed by atoms with Crippen LogP contribution in [0.5, 0.6) is 0 Å². The lowest BCUT2D eigenvalue weighted by Gasteiger charge is -2.11. The van der Waals surface area contributed by atoms with Crippen LogP contribution in [0.3, 0.4) is 0 Å². The summed E-state index contributed by atoms with van der Waals surface area (Å²) in [5.74, 6) is 1.90. The van der Waals surface area contributed by atoms with Crippen LogP contribution in [0.15, 0.2) is 29.2 Å². The first-order valence-corrected chi connectivity index (χ1v) is 6.53. The fourth-order valence-corrected chi connectivity index (χ4v) is 3.16. The smallest absolute Gasteiger partial charge is 0.0108 e. The standard InChI is InChI=1S/C12H18N2S/c13-6-3-7-14-8-10-9-15-12-5-2-1-4-11(10)12/h1-2,4-5,10,14H,3,6-9,13H2. The number of hydrogen-bond donors (Lipinski definition) is 2. The molecule has 1 aromatic rings. The number of thioether (sulfide) groups is 1. The predicted octanol–water partition coefficient (Wildman–Crippen LogP) is 1.81. The van der Waals surface area contributed by atoms with Gasteiger partial charge in [-0.3, -0.25) is 0 Å². The van der Waals surface area contributed by atoms with Gasteiger partial charge in [0.15, 0.2) is 0 Å². The van der Waals surface area contributed by atoms with E-state index in [1.54, 1.807) is 0 Å². The molecule has 0 bridgehead atoms. The molecule has 1 heterocycles. The minimum Gasteiger partial charge on any atom is -0.330 e. The van der Waals surface area contributed by atoms with Crippen LogP contribution >= 0.6 is 11.8 Å². The molecule has 1 aromatic carbocycles. The van der Waals surface area contributed by atoms with Gasteiger partial charge in [-0.1, -0.05) is 18.2 Å². The van der Waals surface area contributed by atoms with E-state index in [0.717, 1.165) is 26.1 Å². The first-order chi connectivity index (χ1) is 7.42. The Morgan fingerprint density at radius 2 is 2.27 bits per heavy atom. The van der Waals surface area contributed by atoms with Crippen LogP contribution < -0.4 is 11.1 Å². The van der Waals surface area contributed by atoms with Gasteiger partial charge in [0.05, 0.1) is 0 Å². The number of fused-ring (bicyclic) bond motifs is 1. The van der Waals surface area contributed by atoms with Crippen molar-refractivity contribution in [3.8, 4) is 0 Å². The van der Waals surface area contributed by atoms with E-state index in [-0.39, 0.29) is 0 Å². The molecule has 1 aliphatic heterocycles. The first-order valence-electron chi connectivity index (χ1n) is 5.54. The van der Waals surface area contributed by atoms with Crippen molar-refractivity contribution in [3.05, 3.63) is 29.8 Å². The lowest BCUT2D eigenvalue weighted by molar-refractivity contribution is 0.604. The van der Waals surface area contributed by atoms with Gasteiger partial charge in [-0.25, -0.2) is 0 Å². The molecule has 1 aliphatic rings. The van der Waals surface area contributed by atoms with Crippen molar-refractivity contribution in [2.75, 3.05) is 25.4 Å². The minimum absolute atomic E-state index is 0.684. The van der Waals surface area contributed by atoms with Gasteiger partial charge in [-0.2, -0.15) is 0 Å². The van der Waals surface area contributed by atoms with E-state index in [1.807, 2.05) is 11.8 Å². The Hall–Kier alpha value is -0.510. The van der Waals surface area contributed by atoms with Crippen molar-refractivity contribution in [1.29, 1.82) is 0 Å². The molecule has 2 nitrogen and oxygen atoms in total. The summed E-state index contributed by atoms with van der Waals surface area (Å²) in [6.45, 7) is 2.91. The highest BCUT2D eigenvalue weighted by Gasteiger charge is 2.21. The summed E-state index contributed by atoms with van der Waals surface area (Å²) < 4.78 is 0. The summed E-state index contributed by atoms with van der Waals surface area (Å²) in [7, 11) is 0. The van der Waals surface area contributed by atoms with Gasteiger partial charge in [-0.05, 0) is 31.1 Å². The molecule has 0 saturated heterocycles. The minimum atomic E-state index is 0.684. The second-order valence-electron chi connectivity index (χ2n) is 3.89. The number of rotatable bonds is 5. The molecule has 0 spiro atoms. The SMILES string of the molecule is NCCCNCC1CSc2ccccc21. The summed E-state index contributed by atoms with van der Waals surface area (Å²) in [4.78, 5) is 1.46. The van der Waals surface area contributed by atoms with Crippen LogP contribution in [-0.2, 0) is 0 Å². The Bertz CT molecular complexity index is 314. The van der Waals surface area contributed by atoms with Crippen LogP contribution in [0.25, 0.3) is 0 Å². The Kier molecular flexibility index (Phi) is 4.06. The maximum atomic E-state index is 5.46. The number of hydrogen-bond acceptors (Lipinski definition) is 3. The summed E-state index contributed by atoms with van der Waals surface area (Å²) in [6, 6.07) is 8.73. The van der Waals surface area contributed by atoms with E-state index in [2.05, 4.69) is 29.6 Å². The molecule has 82 valence electrons. The number of nitrogens with two attached hydrogens (primary N) is 1. The highest BCUT2D eigenvalue weighted by Crippen LogP contribution is 2.38. The van der Waals surface area contributed by atoms with E-state index in [0.29, 0.717) is 5.92 Å². The van der Waals surface area contributed by atoms with E-state index in [9.17, 15) is 0 Å². The summed E-state index contributed by atoms with van der Waals surface area (Å²) in [5, 5.41) is 3.48. The van der Waals surface area contributed by atoms with Gasteiger partial charge < -0.3 is 11.1 Å².